The number of aliphatic hydroxyl groups excluding tert-OH is 1. The van der Waals surface area contributed by atoms with E-state index in [0.717, 1.165) is 0 Å². The maximum absolute atomic E-state index is 12.3. The van der Waals surface area contributed by atoms with E-state index in [4.69, 9.17) is 32.7 Å². The summed E-state index contributed by atoms with van der Waals surface area (Å²) in [4.78, 5) is 36.2. The molecule has 166 valence electrons. The Kier molecular flexibility index (Phi) is 9.61. The van der Waals surface area contributed by atoms with Crippen molar-refractivity contribution in [3.05, 3.63) is 46.5 Å². The van der Waals surface area contributed by atoms with Gasteiger partial charge in [-0.3, -0.25) is 4.79 Å². The van der Waals surface area contributed by atoms with Crippen LogP contribution in [0.5, 0.6) is 0 Å². The molecular weight excluding hydrogens is 437 g/mol. The summed E-state index contributed by atoms with van der Waals surface area (Å²) in [6.07, 6.45) is -1.18. The van der Waals surface area contributed by atoms with Crippen LogP contribution in [0.1, 0.15) is 31.1 Å². The molecule has 0 spiro atoms. The standard InChI is InChI=1S/C20H25Cl2NO7/c1-5-9-29-19(28)23-16(15(17(25)26)20(2,3)4)13(24)10-30-18(27)14-11(21)7-6-8-12(14)22/h5-8,13,15-16,24H,1,9-10H2,2-4H3,(H,23,28)(H,25,26). The molecule has 10 heteroatoms. The molecule has 0 aliphatic rings. The molecule has 1 aromatic rings. The van der Waals surface area contributed by atoms with Crippen molar-refractivity contribution in [2.75, 3.05) is 13.2 Å². The van der Waals surface area contributed by atoms with E-state index in [2.05, 4.69) is 11.9 Å². The van der Waals surface area contributed by atoms with Gasteiger partial charge >= 0.3 is 18.0 Å². The van der Waals surface area contributed by atoms with Crippen molar-refractivity contribution in [3.8, 4) is 0 Å². The van der Waals surface area contributed by atoms with Crippen molar-refractivity contribution in [1.82, 2.24) is 5.32 Å². The van der Waals surface area contributed by atoms with Gasteiger partial charge in [-0.2, -0.15) is 0 Å². The van der Waals surface area contributed by atoms with Crippen molar-refractivity contribution < 1.29 is 34.1 Å². The maximum Gasteiger partial charge on any atom is 0.407 e. The van der Waals surface area contributed by atoms with Gasteiger partial charge in [0.1, 0.15) is 19.3 Å². The fourth-order valence-electron chi connectivity index (χ4n) is 2.81. The minimum absolute atomic E-state index is 0.0581. The maximum atomic E-state index is 12.3. The normalized spacial score (nSPS) is 14.2. The summed E-state index contributed by atoms with van der Waals surface area (Å²) in [6.45, 7) is 7.60. The Morgan fingerprint density at radius 3 is 2.23 bits per heavy atom. The van der Waals surface area contributed by atoms with Crippen molar-refractivity contribution in [1.29, 1.82) is 0 Å². The van der Waals surface area contributed by atoms with Crippen LogP contribution in [-0.2, 0) is 14.3 Å². The Morgan fingerprint density at radius 1 is 1.20 bits per heavy atom. The van der Waals surface area contributed by atoms with Gasteiger partial charge in [0.25, 0.3) is 0 Å². The molecule has 0 saturated carbocycles. The minimum atomic E-state index is -1.56. The second-order valence-electron chi connectivity index (χ2n) is 7.50. The zero-order valence-electron chi connectivity index (χ0n) is 16.9. The second-order valence-corrected chi connectivity index (χ2v) is 8.32. The van der Waals surface area contributed by atoms with Gasteiger partial charge in [-0.25, -0.2) is 9.59 Å². The molecule has 0 heterocycles. The first kappa shape index (κ1) is 25.7. The average molecular weight is 462 g/mol. The summed E-state index contributed by atoms with van der Waals surface area (Å²) in [5.74, 6) is -3.39. The fraction of sp³-hybridized carbons (Fsp3) is 0.450. The predicted octanol–water partition coefficient (Wildman–Crippen LogP) is 3.54. The quantitative estimate of drug-likeness (QED) is 0.379. The highest BCUT2D eigenvalue weighted by atomic mass is 35.5. The Balaban J connectivity index is 3.04. The van der Waals surface area contributed by atoms with E-state index in [1.54, 1.807) is 26.8 Å². The van der Waals surface area contributed by atoms with E-state index in [9.17, 15) is 24.6 Å². The number of hydrogen-bond acceptors (Lipinski definition) is 6. The molecule has 1 amide bonds. The molecule has 0 fully saturated rings. The molecule has 3 unspecified atom stereocenters. The number of carboxylic acids is 1. The molecule has 0 saturated heterocycles. The summed E-state index contributed by atoms with van der Waals surface area (Å²) >= 11 is 11.9. The topological polar surface area (TPSA) is 122 Å². The van der Waals surface area contributed by atoms with Crippen LogP contribution >= 0.6 is 23.2 Å². The zero-order valence-corrected chi connectivity index (χ0v) is 18.4. The van der Waals surface area contributed by atoms with Crippen LogP contribution in [0.25, 0.3) is 0 Å². The number of alkyl carbamates (subject to hydrolysis) is 1. The van der Waals surface area contributed by atoms with E-state index in [1.807, 2.05) is 0 Å². The number of benzene rings is 1. The number of carbonyl (C=O) groups excluding carboxylic acids is 2. The summed E-state index contributed by atoms with van der Waals surface area (Å²) in [6, 6.07) is 3.11. The molecule has 8 nitrogen and oxygen atoms in total. The van der Waals surface area contributed by atoms with Gasteiger partial charge in [0.2, 0.25) is 0 Å². The van der Waals surface area contributed by atoms with Crippen molar-refractivity contribution in [3.63, 3.8) is 0 Å². The van der Waals surface area contributed by atoms with Crippen molar-refractivity contribution in [2.45, 2.75) is 32.9 Å². The van der Waals surface area contributed by atoms with Crippen LogP contribution in [0.3, 0.4) is 0 Å². The first-order chi connectivity index (χ1) is 13.9. The molecule has 1 rings (SSSR count). The van der Waals surface area contributed by atoms with E-state index in [-0.39, 0.29) is 22.2 Å². The van der Waals surface area contributed by atoms with Crippen LogP contribution in [0, 0.1) is 11.3 Å². The molecule has 3 atom stereocenters. The molecule has 0 aliphatic carbocycles. The summed E-state index contributed by atoms with van der Waals surface area (Å²) in [5.41, 5.74) is -0.951. The molecule has 0 aromatic heterocycles. The first-order valence-corrected chi connectivity index (χ1v) is 9.72. The zero-order chi connectivity index (χ0) is 23.1. The number of hydrogen-bond donors (Lipinski definition) is 3. The van der Waals surface area contributed by atoms with E-state index >= 15 is 0 Å². The Morgan fingerprint density at radius 2 is 1.77 bits per heavy atom. The molecule has 0 aliphatic heterocycles. The summed E-state index contributed by atoms with van der Waals surface area (Å²) in [7, 11) is 0. The fourth-order valence-corrected chi connectivity index (χ4v) is 3.36. The number of nitrogens with one attached hydrogen (secondary N) is 1. The van der Waals surface area contributed by atoms with Crippen molar-refractivity contribution in [2.24, 2.45) is 11.3 Å². The van der Waals surface area contributed by atoms with E-state index in [0.29, 0.717) is 0 Å². The highest BCUT2D eigenvalue weighted by Gasteiger charge is 2.43. The number of amides is 1. The first-order valence-electron chi connectivity index (χ1n) is 8.96. The molecule has 1 aromatic carbocycles. The Labute approximate surface area is 184 Å². The smallest absolute Gasteiger partial charge is 0.407 e. The molecule has 3 N–H and O–H groups in total. The molecular formula is C20H25Cl2NO7. The van der Waals surface area contributed by atoms with Gasteiger partial charge in [-0.1, -0.05) is 62.7 Å². The third-order valence-electron chi connectivity index (χ3n) is 4.14. The van der Waals surface area contributed by atoms with Gasteiger partial charge in [0.15, 0.2) is 0 Å². The minimum Gasteiger partial charge on any atom is -0.481 e. The lowest BCUT2D eigenvalue weighted by atomic mass is 9.74. The largest absolute Gasteiger partial charge is 0.481 e. The number of aliphatic hydroxyl groups is 1. The number of halogens is 2. The van der Waals surface area contributed by atoms with Gasteiger partial charge in [-0.15, -0.1) is 0 Å². The lowest BCUT2D eigenvalue weighted by Crippen LogP contribution is -2.55. The number of aliphatic carboxylic acids is 1. The predicted molar refractivity (Wildman–Crippen MR) is 112 cm³/mol. The van der Waals surface area contributed by atoms with Crippen LogP contribution in [0.4, 0.5) is 4.79 Å². The van der Waals surface area contributed by atoms with Gasteiger partial charge < -0.3 is 25.0 Å². The van der Waals surface area contributed by atoms with E-state index in [1.165, 1.54) is 18.2 Å². The Bertz CT molecular complexity index is 772. The lowest BCUT2D eigenvalue weighted by Gasteiger charge is -2.36. The Hall–Kier alpha value is -2.29. The van der Waals surface area contributed by atoms with Crippen LogP contribution in [-0.4, -0.2) is 53.6 Å². The number of carboxylic acid groups (broad SMARTS) is 1. The van der Waals surface area contributed by atoms with Gasteiger partial charge in [0.05, 0.1) is 27.6 Å². The summed E-state index contributed by atoms with van der Waals surface area (Å²) in [5, 5.41) is 22.7. The molecule has 0 radical (unpaired) electrons. The number of esters is 1. The van der Waals surface area contributed by atoms with Crippen molar-refractivity contribution >= 4 is 41.2 Å². The molecule has 30 heavy (non-hydrogen) atoms. The highest BCUT2D eigenvalue weighted by Crippen LogP contribution is 2.31. The van der Waals surface area contributed by atoms with Crippen LogP contribution in [0.2, 0.25) is 10.0 Å². The van der Waals surface area contributed by atoms with E-state index < -0.39 is 48.1 Å². The van der Waals surface area contributed by atoms with Gasteiger partial charge in [-0.05, 0) is 17.5 Å². The second kappa shape index (κ2) is 11.2. The third kappa shape index (κ3) is 7.19. The number of rotatable bonds is 9. The highest BCUT2D eigenvalue weighted by molar-refractivity contribution is 6.39. The SMILES string of the molecule is C=CCOC(=O)NC(C(O)COC(=O)c1c(Cl)cccc1Cl)C(C(=O)O)C(C)(C)C. The number of carbonyl (C=O) groups is 3. The van der Waals surface area contributed by atoms with Crippen LogP contribution in [0.15, 0.2) is 30.9 Å². The molecule has 0 bridgehead atoms. The third-order valence-corrected chi connectivity index (χ3v) is 4.77. The lowest BCUT2D eigenvalue weighted by molar-refractivity contribution is -0.149. The van der Waals surface area contributed by atoms with Gasteiger partial charge in [0, 0.05) is 0 Å². The number of ether oxygens (including phenoxy) is 2. The summed E-state index contributed by atoms with van der Waals surface area (Å²) < 4.78 is 9.90. The monoisotopic (exact) mass is 461 g/mol. The van der Waals surface area contributed by atoms with Crippen LogP contribution < -0.4 is 5.32 Å². The average Bonchev–Trinajstić information content (AvgIpc) is 2.62.